The van der Waals surface area contributed by atoms with Crippen molar-refractivity contribution in [1.82, 2.24) is 4.98 Å². The molecule has 0 aliphatic heterocycles. The van der Waals surface area contributed by atoms with Crippen LogP contribution in [0.3, 0.4) is 0 Å². The highest BCUT2D eigenvalue weighted by molar-refractivity contribution is 7.15. The molecule has 2 heterocycles. The molecule has 0 spiro atoms. The average molecular weight is 210 g/mol. The number of nitrogens with zero attached hydrogens (tertiary/aromatic N) is 1. The number of carbonyl (C=O) groups excluding carboxylic acids is 1. The van der Waals surface area contributed by atoms with E-state index in [9.17, 15) is 4.79 Å². The summed E-state index contributed by atoms with van der Waals surface area (Å²) in [5.74, 6) is -0.465. The van der Waals surface area contributed by atoms with E-state index < -0.39 is 5.91 Å². The van der Waals surface area contributed by atoms with Crippen LogP contribution < -0.4 is 5.73 Å². The maximum absolute atomic E-state index is 10.8. The van der Waals surface area contributed by atoms with E-state index in [0.717, 1.165) is 10.6 Å². The highest BCUT2D eigenvalue weighted by atomic mass is 32.1. The fraction of sp³-hybridized carbons (Fsp3) is 0. The Morgan fingerprint density at radius 2 is 2.31 bits per heavy atom. The number of hydrogen-bond acceptors (Lipinski definition) is 4. The smallest absolute Gasteiger partial charge is 0.277 e. The van der Waals surface area contributed by atoms with E-state index in [4.69, 9.17) is 5.73 Å². The summed E-state index contributed by atoms with van der Waals surface area (Å²) in [4.78, 5) is 15.9. The second-order valence-electron chi connectivity index (χ2n) is 2.38. The highest BCUT2D eigenvalue weighted by Gasteiger charge is 2.08. The number of nitrogens with two attached hydrogens (primary N) is 1. The summed E-state index contributed by atoms with van der Waals surface area (Å²) in [7, 11) is 0. The van der Waals surface area contributed by atoms with Gasteiger partial charge in [0, 0.05) is 5.38 Å². The SMILES string of the molecule is NC(=O)c1nc(-c2cccs2)cs1. The molecule has 2 aromatic rings. The van der Waals surface area contributed by atoms with Crippen LogP contribution in [0.4, 0.5) is 0 Å². The fourth-order valence-electron chi connectivity index (χ4n) is 0.924. The van der Waals surface area contributed by atoms with Crippen molar-refractivity contribution in [2.75, 3.05) is 0 Å². The Hall–Kier alpha value is -1.20. The lowest BCUT2D eigenvalue weighted by Crippen LogP contribution is -2.09. The first-order chi connectivity index (χ1) is 6.27. The summed E-state index contributed by atoms with van der Waals surface area (Å²) in [5, 5.41) is 4.17. The molecule has 2 aromatic heterocycles. The van der Waals surface area contributed by atoms with E-state index in [1.165, 1.54) is 11.3 Å². The lowest BCUT2D eigenvalue weighted by Gasteiger charge is -1.86. The van der Waals surface area contributed by atoms with Gasteiger partial charge in [-0.25, -0.2) is 4.98 Å². The van der Waals surface area contributed by atoms with Gasteiger partial charge >= 0.3 is 0 Å². The van der Waals surface area contributed by atoms with Crippen LogP contribution >= 0.6 is 22.7 Å². The molecule has 0 atom stereocenters. The molecule has 0 aromatic carbocycles. The van der Waals surface area contributed by atoms with Gasteiger partial charge in [-0.05, 0) is 11.4 Å². The molecule has 0 saturated carbocycles. The third kappa shape index (κ3) is 1.61. The number of carbonyl (C=O) groups is 1. The van der Waals surface area contributed by atoms with Gasteiger partial charge in [0.15, 0.2) is 5.01 Å². The molecule has 66 valence electrons. The summed E-state index contributed by atoms with van der Waals surface area (Å²) < 4.78 is 0. The Labute approximate surface area is 82.9 Å². The molecule has 0 aliphatic rings. The first-order valence-corrected chi connectivity index (χ1v) is 5.32. The van der Waals surface area contributed by atoms with Gasteiger partial charge in [0.05, 0.1) is 10.6 Å². The van der Waals surface area contributed by atoms with Crippen molar-refractivity contribution in [1.29, 1.82) is 0 Å². The Bertz CT molecular complexity index is 419. The van der Waals surface area contributed by atoms with Crippen LogP contribution in [0.15, 0.2) is 22.9 Å². The summed E-state index contributed by atoms with van der Waals surface area (Å²) in [6, 6.07) is 3.91. The third-order valence-corrected chi connectivity index (χ3v) is 3.24. The minimum absolute atomic E-state index is 0.364. The molecule has 0 bridgehead atoms. The molecule has 1 amide bonds. The minimum atomic E-state index is -0.465. The Morgan fingerprint density at radius 1 is 1.46 bits per heavy atom. The molecule has 0 fully saturated rings. The monoisotopic (exact) mass is 210 g/mol. The quantitative estimate of drug-likeness (QED) is 0.823. The summed E-state index contributed by atoms with van der Waals surface area (Å²) in [6.07, 6.45) is 0. The van der Waals surface area contributed by atoms with Gasteiger partial charge in [-0.1, -0.05) is 6.07 Å². The van der Waals surface area contributed by atoms with Gasteiger partial charge in [-0.3, -0.25) is 4.79 Å². The Morgan fingerprint density at radius 3 is 2.85 bits per heavy atom. The van der Waals surface area contributed by atoms with Crippen molar-refractivity contribution in [3.05, 3.63) is 27.9 Å². The zero-order chi connectivity index (χ0) is 9.26. The Kier molecular flexibility index (Phi) is 2.12. The zero-order valence-corrected chi connectivity index (χ0v) is 8.19. The second kappa shape index (κ2) is 3.27. The summed E-state index contributed by atoms with van der Waals surface area (Å²) >= 11 is 2.87. The predicted molar refractivity (Wildman–Crippen MR) is 53.9 cm³/mol. The number of primary amides is 1. The molecule has 13 heavy (non-hydrogen) atoms. The molecule has 0 saturated heterocycles. The number of thiophene rings is 1. The van der Waals surface area contributed by atoms with Gasteiger partial charge in [0.2, 0.25) is 0 Å². The third-order valence-electron chi connectivity index (χ3n) is 1.49. The maximum Gasteiger partial charge on any atom is 0.277 e. The van der Waals surface area contributed by atoms with E-state index in [-0.39, 0.29) is 0 Å². The molecular weight excluding hydrogens is 204 g/mol. The van der Waals surface area contributed by atoms with E-state index in [1.807, 2.05) is 22.9 Å². The fourth-order valence-corrected chi connectivity index (χ4v) is 2.36. The van der Waals surface area contributed by atoms with Crippen molar-refractivity contribution in [2.45, 2.75) is 0 Å². The van der Waals surface area contributed by atoms with Gasteiger partial charge in [-0.15, -0.1) is 22.7 Å². The summed E-state index contributed by atoms with van der Waals surface area (Å²) in [5.41, 5.74) is 5.92. The van der Waals surface area contributed by atoms with Gasteiger partial charge in [0.25, 0.3) is 5.91 Å². The van der Waals surface area contributed by atoms with Crippen LogP contribution in [0.1, 0.15) is 9.80 Å². The first-order valence-electron chi connectivity index (χ1n) is 3.56. The largest absolute Gasteiger partial charge is 0.364 e. The van der Waals surface area contributed by atoms with E-state index >= 15 is 0 Å². The molecule has 2 N–H and O–H groups in total. The molecule has 0 unspecified atom stereocenters. The number of thiazole rings is 1. The van der Waals surface area contributed by atoms with E-state index in [0.29, 0.717) is 5.01 Å². The van der Waals surface area contributed by atoms with E-state index in [2.05, 4.69) is 4.98 Å². The zero-order valence-electron chi connectivity index (χ0n) is 6.56. The average Bonchev–Trinajstić information content (AvgIpc) is 2.75. The lowest BCUT2D eigenvalue weighted by molar-refractivity contribution is 0.1000. The van der Waals surface area contributed by atoms with Crippen molar-refractivity contribution in [3.8, 4) is 10.6 Å². The number of amides is 1. The van der Waals surface area contributed by atoms with Crippen molar-refractivity contribution in [2.24, 2.45) is 5.73 Å². The maximum atomic E-state index is 10.8. The minimum Gasteiger partial charge on any atom is -0.364 e. The van der Waals surface area contributed by atoms with E-state index in [1.54, 1.807) is 11.3 Å². The molecule has 5 heteroatoms. The van der Waals surface area contributed by atoms with Crippen molar-refractivity contribution < 1.29 is 4.79 Å². The van der Waals surface area contributed by atoms with Crippen LogP contribution in [-0.2, 0) is 0 Å². The normalized spacial score (nSPS) is 10.2. The van der Waals surface area contributed by atoms with Gasteiger partial charge < -0.3 is 5.73 Å². The molecular formula is C8H6N2OS2. The second-order valence-corrected chi connectivity index (χ2v) is 4.19. The van der Waals surface area contributed by atoms with Crippen LogP contribution in [0.5, 0.6) is 0 Å². The molecule has 0 aliphatic carbocycles. The predicted octanol–water partition coefficient (Wildman–Crippen LogP) is 1.97. The first kappa shape index (κ1) is 8.40. The number of hydrogen-bond donors (Lipinski definition) is 1. The number of aromatic nitrogens is 1. The number of rotatable bonds is 2. The highest BCUT2D eigenvalue weighted by Crippen LogP contribution is 2.25. The molecule has 0 radical (unpaired) electrons. The van der Waals surface area contributed by atoms with Crippen molar-refractivity contribution in [3.63, 3.8) is 0 Å². The lowest BCUT2D eigenvalue weighted by atomic mass is 10.4. The standard InChI is InChI=1S/C8H6N2OS2/c9-7(11)8-10-5(4-13-8)6-2-1-3-12-6/h1-4H,(H2,9,11). The van der Waals surface area contributed by atoms with Crippen molar-refractivity contribution >= 4 is 28.6 Å². The van der Waals surface area contributed by atoms with Crippen LogP contribution in [0.25, 0.3) is 10.6 Å². The van der Waals surface area contributed by atoms with Crippen LogP contribution in [-0.4, -0.2) is 10.9 Å². The van der Waals surface area contributed by atoms with Crippen LogP contribution in [0, 0.1) is 0 Å². The van der Waals surface area contributed by atoms with Gasteiger partial charge in [0.1, 0.15) is 0 Å². The summed E-state index contributed by atoms with van der Waals surface area (Å²) in [6.45, 7) is 0. The van der Waals surface area contributed by atoms with Crippen LogP contribution in [0.2, 0.25) is 0 Å². The molecule has 3 nitrogen and oxygen atoms in total. The Balaban J connectivity index is 2.39. The van der Waals surface area contributed by atoms with Gasteiger partial charge in [-0.2, -0.15) is 0 Å². The molecule has 2 rings (SSSR count). The topological polar surface area (TPSA) is 56.0 Å².